The number of amides is 2. The first-order valence-corrected chi connectivity index (χ1v) is 11.4. The highest BCUT2D eigenvalue weighted by atomic mass is 35.5. The van der Waals surface area contributed by atoms with Crippen molar-refractivity contribution in [2.24, 2.45) is 5.84 Å². The zero-order chi connectivity index (χ0) is 23.4. The van der Waals surface area contributed by atoms with Crippen molar-refractivity contribution in [1.82, 2.24) is 15.9 Å². The molecule has 2 saturated heterocycles. The molecule has 33 heavy (non-hydrogen) atoms. The molecule has 0 saturated carbocycles. The number of rotatable bonds is 6. The quantitative estimate of drug-likeness (QED) is 0.321. The predicted molar refractivity (Wildman–Crippen MR) is 126 cm³/mol. The molecule has 0 aliphatic carbocycles. The van der Waals surface area contributed by atoms with Crippen LogP contribution < -0.4 is 26.3 Å². The molecule has 2 aromatic rings. The number of ether oxygens (including phenoxy) is 3. The van der Waals surface area contributed by atoms with Crippen LogP contribution in [0.2, 0.25) is 10.0 Å². The first kappa shape index (κ1) is 23.9. The molecule has 2 aliphatic rings. The van der Waals surface area contributed by atoms with Crippen LogP contribution >= 0.6 is 23.2 Å². The van der Waals surface area contributed by atoms with E-state index in [0.717, 1.165) is 30.1 Å². The van der Waals surface area contributed by atoms with Gasteiger partial charge in [0, 0.05) is 42.5 Å². The van der Waals surface area contributed by atoms with Crippen LogP contribution in [0.1, 0.15) is 12.5 Å². The van der Waals surface area contributed by atoms with Gasteiger partial charge in [0.1, 0.15) is 18.5 Å². The Morgan fingerprint density at radius 1 is 1.18 bits per heavy atom. The number of urea groups is 1. The van der Waals surface area contributed by atoms with Gasteiger partial charge in [0.25, 0.3) is 0 Å². The molecule has 0 unspecified atom stereocenters. The van der Waals surface area contributed by atoms with Crippen molar-refractivity contribution >= 4 is 34.9 Å². The molecule has 2 atom stereocenters. The van der Waals surface area contributed by atoms with Crippen molar-refractivity contribution < 1.29 is 19.0 Å². The largest absolute Gasteiger partial charge is 0.491 e. The fraction of sp³-hybridized carbons (Fsp3) is 0.409. The normalized spacial score (nSPS) is 23.4. The second-order valence-corrected chi connectivity index (χ2v) is 8.83. The number of hydrogen-bond acceptors (Lipinski definition) is 7. The van der Waals surface area contributed by atoms with E-state index in [1.165, 1.54) is 0 Å². The summed E-state index contributed by atoms with van der Waals surface area (Å²) in [6.07, 6.45) is -0.229. The third kappa shape index (κ3) is 5.81. The summed E-state index contributed by atoms with van der Waals surface area (Å²) in [5.74, 6) is 4.91. The van der Waals surface area contributed by atoms with Crippen LogP contribution in [0.3, 0.4) is 0 Å². The van der Waals surface area contributed by atoms with Gasteiger partial charge in [-0.1, -0.05) is 29.3 Å². The average Bonchev–Trinajstić information content (AvgIpc) is 3.20. The Hall–Kier alpha value is -2.27. The maximum atomic E-state index is 11.3. The lowest BCUT2D eigenvalue weighted by Gasteiger charge is -2.35. The summed E-state index contributed by atoms with van der Waals surface area (Å²) in [6, 6.07) is 12.8. The minimum absolute atomic E-state index is 0.229. The molecule has 0 aromatic heterocycles. The Labute approximate surface area is 202 Å². The Morgan fingerprint density at radius 2 is 1.91 bits per heavy atom. The molecule has 0 radical (unpaired) electrons. The maximum Gasteiger partial charge on any atom is 0.343 e. The summed E-state index contributed by atoms with van der Waals surface area (Å²) in [6.45, 7) is 5.55. The highest BCUT2D eigenvalue weighted by molar-refractivity contribution is 6.35. The second-order valence-electron chi connectivity index (χ2n) is 7.99. The standard InChI is InChI=1S/C22H27Cl2N5O4/c1-22(19-7-2-15(23)12-20(19)24)32-14-18(33-22)13-31-17-5-3-16(4-6-17)28-8-10-29(11-9-28)27-21(30)26-25/h2-7,12,18H,8-11,13-14,25H2,1H3,(H2,26,27,30)/t18-,22+/m1/s1. The number of hydrogen-bond donors (Lipinski definition) is 3. The van der Waals surface area contributed by atoms with Crippen molar-refractivity contribution in [2.45, 2.75) is 18.8 Å². The molecule has 2 fully saturated rings. The average molecular weight is 496 g/mol. The zero-order valence-corrected chi connectivity index (χ0v) is 19.7. The van der Waals surface area contributed by atoms with Crippen LogP contribution in [0, 0.1) is 0 Å². The molecular formula is C22H27Cl2N5O4. The molecule has 9 nitrogen and oxygen atoms in total. The van der Waals surface area contributed by atoms with Gasteiger partial charge >= 0.3 is 6.03 Å². The van der Waals surface area contributed by atoms with Crippen LogP contribution in [0.5, 0.6) is 5.75 Å². The number of carbonyl (C=O) groups is 1. The van der Waals surface area contributed by atoms with E-state index in [4.69, 9.17) is 43.3 Å². The first-order valence-electron chi connectivity index (χ1n) is 10.6. The third-order valence-corrected chi connectivity index (χ3v) is 6.21. The summed E-state index contributed by atoms with van der Waals surface area (Å²) in [5, 5.41) is 2.90. The Kier molecular flexibility index (Phi) is 7.48. The Morgan fingerprint density at radius 3 is 2.58 bits per heavy atom. The van der Waals surface area contributed by atoms with Crippen molar-refractivity contribution in [1.29, 1.82) is 0 Å². The van der Waals surface area contributed by atoms with Gasteiger partial charge in [-0.05, 0) is 43.3 Å². The highest BCUT2D eigenvalue weighted by Gasteiger charge is 2.40. The molecule has 0 bridgehead atoms. The molecule has 0 spiro atoms. The van der Waals surface area contributed by atoms with Crippen LogP contribution in [0.4, 0.5) is 10.5 Å². The topological polar surface area (TPSA) is 101 Å². The van der Waals surface area contributed by atoms with Crippen LogP contribution in [0.25, 0.3) is 0 Å². The van der Waals surface area contributed by atoms with Gasteiger partial charge in [0.2, 0.25) is 0 Å². The lowest BCUT2D eigenvalue weighted by Crippen LogP contribution is -2.56. The summed E-state index contributed by atoms with van der Waals surface area (Å²) in [4.78, 5) is 13.6. The van der Waals surface area contributed by atoms with Crippen molar-refractivity contribution in [3.63, 3.8) is 0 Å². The van der Waals surface area contributed by atoms with Crippen LogP contribution in [0.15, 0.2) is 42.5 Å². The number of nitrogens with one attached hydrogen (secondary N) is 2. The molecule has 11 heteroatoms. The number of anilines is 1. The van der Waals surface area contributed by atoms with Gasteiger partial charge in [-0.2, -0.15) is 0 Å². The molecule has 2 heterocycles. The van der Waals surface area contributed by atoms with E-state index in [2.05, 4.69) is 15.8 Å². The van der Waals surface area contributed by atoms with E-state index < -0.39 is 11.8 Å². The number of halogens is 2. The van der Waals surface area contributed by atoms with E-state index in [9.17, 15) is 4.79 Å². The van der Waals surface area contributed by atoms with Gasteiger partial charge in [0.15, 0.2) is 5.79 Å². The fourth-order valence-corrected chi connectivity index (χ4v) is 4.49. The maximum absolute atomic E-state index is 11.3. The predicted octanol–water partition coefficient (Wildman–Crippen LogP) is 2.87. The molecule has 178 valence electrons. The highest BCUT2D eigenvalue weighted by Crippen LogP contribution is 2.38. The lowest BCUT2D eigenvalue weighted by atomic mass is 10.1. The van der Waals surface area contributed by atoms with Gasteiger partial charge in [0.05, 0.1) is 11.6 Å². The molecular weight excluding hydrogens is 469 g/mol. The minimum Gasteiger partial charge on any atom is -0.491 e. The minimum atomic E-state index is -0.943. The number of hydrazine groups is 2. The molecule has 2 aromatic carbocycles. The summed E-state index contributed by atoms with van der Waals surface area (Å²) >= 11 is 12.3. The van der Waals surface area contributed by atoms with Gasteiger partial charge in [-0.15, -0.1) is 0 Å². The summed E-state index contributed by atoms with van der Waals surface area (Å²) < 4.78 is 18.0. The summed E-state index contributed by atoms with van der Waals surface area (Å²) in [5.41, 5.74) is 6.58. The number of benzene rings is 2. The fourth-order valence-electron chi connectivity index (χ4n) is 3.91. The Balaban J connectivity index is 1.26. The molecule has 4 N–H and O–H groups in total. The SMILES string of the molecule is C[C@]1(c2ccc(Cl)cc2Cl)OC[C@@H](COc2ccc(N3CCN(NC(=O)NN)CC3)cc2)O1. The smallest absolute Gasteiger partial charge is 0.343 e. The number of carbonyl (C=O) groups excluding carboxylic acids is 1. The first-order chi connectivity index (χ1) is 15.9. The number of nitrogens with zero attached hydrogens (tertiary/aromatic N) is 2. The van der Waals surface area contributed by atoms with Crippen molar-refractivity contribution in [3.05, 3.63) is 58.1 Å². The van der Waals surface area contributed by atoms with Crippen LogP contribution in [-0.4, -0.2) is 56.5 Å². The zero-order valence-electron chi connectivity index (χ0n) is 18.2. The lowest BCUT2D eigenvalue weighted by molar-refractivity contribution is -0.164. The van der Waals surface area contributed by atoms with Crippen molar-refractivity contribution in [3.8, 4) is 5.75 Å². The van der Waals surface area contributed by atoms with E-state index in [-0.39, 0.29) is 6.10 Å². The van der Waals surface area contributed by atoms with Crippen LogP contribution in [-0.2, 0) is 15.3 Å². The van der Waals surface area contributed by atoms with E-state index >= 15 is 0 Å². The second kappa shape index (κ2) is 10.3. The number of nitrogens with two attached hydrogens (primary N) is 1. The van der Waals surface area contributed by atoms with E-state index in [1.807, 2.05) is 42.3 Å². The van der Waals surface area contributed by atoms with Gasteiger partial charge < -0.3 is 19.1 Å². The number of piperazine rings is 1. The van der Waals surface area contributed by atoms with E-state index in [1.54, 1.807) is 12.1 Å². The molecule has 2 amide bonds. The summed E-state index contributed by atoms with van der Waals surface area (Å²) in [7, 11) is 0. The van der Waals surface area contributed by atoms with Gasteiger partial charge in [-0.25, -0.2) is 15.6 Å². The monoisotopic (exact) mass is 495 g/mol. The van der Waals surface area contributed by atoms with Gasteiger partial charge in [-0.3, -0.25) is 10.9 Å². The Bertz CT molecular complexity index is 972. The molecule has 2 aliphatic heterocycles. The van der Waals surface area contributed by atoms with Crippen molar-refractivity contribution in [2.75, 3.05) is 44.3 Å². The van der Waals surface area contributed by atoms with E-state index in [0.29, 0.717) is 36.3 Å². The molecule has 4 rings (SSSR count). The third-order valence-electron chi connectivity index (χ3n) is 5.66.